The third-order valence-electron chi connectivity index (χ3n) is 3.30. The van der Waals surface area contributed by atoms with Crippen LogP contribution in [0.4, 0.5) is 5.13 Å². The Balaban J connectivity index is 1.95. The van der Waals surface area contributed by atoms with Crippen LogP contribution in [0.15, 0.2) is 24.3 Å². The van der Waals surface area contributed by atoms with E-state index in [0.717, 1.165) is 47.4 Å². The maximum Gasteiger partial charge on any atom is 0.205 e. The van der Waals surface area contributed by atoms with Crippen LogP contribution in [0.2, 0.25) is 0 Å². The molecule has 1 N–H and O–H groups in total. The van der Waals surface area contributed by atoms with Crippen LogP contribution >= 0.6 is 11.3 Å². The van der Waals surface area contributed by atoms with E-state index in [4.69, 9.17) is 4.98 Å². The summed E-state index contributed by atoms with van der Waals surface area (Å²) < 4.78 is 2.26. The van der Waals surface area contributed by atoms with Crippen molar-refractivity contribution in [2.45, 2.75) is 33.2 Å². The number of anilines is 1. The molecule has 0 unspecified atom stereocenters. The van der Waals surface area contributed by atoms with E-state index in [2.05, 4.69) is 52.1 Å². The lowest BCUT2D eigenvalue weighted by atomic mass is 10.3. The molecule has 0 saturated heterocycles. The molecular weight excluding hydrogens is 282 g/mol. The van der Waals surface area contributed by atoms with E-state index in [1.54, 1.807) is 11.3 Å². The van der Waals surface area contributed by atoms with Crippen LogP contribution in [0.1, 0.15) is 31.1 Å². The standard InChI is InChI=1S/C15H19N5S/c1-3-7-13-17-11-8-5-6-9-12(11)20(13)10-14-18-19-15(21-14)16-4-2/h5-6,8-9H,3-4,7,10H2,1-2H3,(H,16,19). The summed E-state index contributed by atoms with van der Waals surface area (Å²) in [7, 11) is 0. The number of imidazole rings is 1. The lowest BCUT2D eigenvalue weighted by Crippen LogP contribution is -2.05. The van der Waals surface area contributed by atoms with Gasteiger partial charge in [-0.3, -0.25) is 0 Å². The van der Waals surface area contributed by atoms with Gasteiger partial charge >= 0.3 is 0 Å². The van der Waals surface area contributed by atoms with E-state index in [9.17, 15) is 0 Å². The highest BCUT2D eigenvalue weighted by Crippen LogP contribution is 2.21. The van der Waals surface area contributed by atoms with Crippen molar-refractivity contribution in [3.05, 3.63) is 35.1 Å². The summed E-state index contributed by atoms with van der Waals surface area (Å²) in [5.41, 5.74) is 2.22. The van der Waals surface area contributed by atoms with Gasteiger partial charge in [-0.05, 0) is 25.5 Å². The molecule has 0 amide bonds. The third-order valence-corrected chi connectivity index (χ3v) is 4.16. The highest BCUT2D eigenvalue weighted by atomic mass is 32.1. The molecule has 0 aliphatic rings. The third kappa shape index (κ3) is 2.90. The Hall–Kier alpha value is -1.95. The van der Waals surface area contributed by atoms with Gasteiger partial charge in [-0.25, -0.2) is 4.98 Å². The Labute approximate surface area is 128 Å². The van der Waals surface area contributed by atoms with Gasteiger partial charge in [-0.2, -0.15) is 0 Å². The van der Waals surface area contributed by atoms with Gasteiger partial charge in [0.15, 0.2) is 0 Å². The lowest BCUT2D eigenvalue weighted by Gasteiger charge is -2.05. The zero-order valence-electron chi connectivity index (χ0n) is 12.3. The number of aryl methyl sites for hydroxylation is 1. The number of benzene rings is 1. The molecular formula is C15H19N5S. The maximum absolute atomic E-state index is 4.75. The molecule has 0 radical (unpaired) electrons. The number of aromatic nitrogens is 4. The van der Waals surface area contributed by atoms with E-state index in [1.165, 1.54) is 5.52 Å². The average molecular weight is 301 g/mol. The van der Waals surface area contributed by atoms with Crippen molar-refractivity contribution in [3.8, 4) is 0 Å². The Morgan fingerprint density at radius 3 is 2.86 bits per heavy atom. The minimum atomic E-state index is 0.735. The number of fused-ring (bicyclic) bond motifs is 1. The van der Waals surface area contributed by atoms with Gasteiger partial charge in [-0.1, -0.05) is 30.4 Å². The van der Waals surface area contributed by atoms with Gasteiger partial charge in [0.1, 0.15) is 10.8 Å². The van der Waals surface area contributed by atoms with Crippen molar-refractivity contribution in [3.63, 3.8) is 0 Å². The summed E-state index contributed by atoms with van der Waals surface area (Å²) in [6.45, 7) is 5.84. The molecule has 0 aliphatic carbocycles. The normalized spacial score (nSPS) is 11.1. The monoisotopic (exact) mass is 301 g/mol. The van der Waals surface area contributed by atoms with Crippen LogP contribution in [0.25, 0.3) is 11.0 Å². The van der Waals surface area contributed by atoms with Crippen LogP contribution in [0.3, 0.4) is 0 Å². The summed E-state index contributed by atoms with van der Waals surface area (Å²) in [4.78, 5) is 4.75. The summed E-state index contributed by atoms with van der Waals surface area (Å²) in [6.07, 6.45) is 2.07. The Morgan fingerprint density at radius 2 is 2.05 bits per heavy atom. The van der Waals surface area contributed by atoms with E-state index in [-0.39, 0.29) is 0 Å². The summed E-state index contributed by atoms with van der Waals surface area (Å²) >= 11 is 1.61. The summed E-state index contributed by atoms with van der Waals surface area (Å²) in [6, 6.07) is 8.27. The highest BCUT2D eigenvalue weighted by Gasteiger charge is 2.12. The van der Waals surface area contributed by atoms with Crippen molar-refractivity contribution in [2.24, 2.45) is 0 Å². The molecule has 5 nitrogen and oxygen atoms in total. The van der Waals surface area contributed by atoms with Gasteiger partial charge in [0.2, 0.25) is 5.13 Å². The van der Waals surface area contributed by atoms with Crippen molar-refractivity contribution < 1.29 is 0 Å². The fraction of sp³-hybridized carbons (Fsp3) is 0.400. The first-order valence-electron chi connectivity index (χ1n) is 7.32. The number of hydrogen-bond donors (Lipinski definition) is 1. The molecule has 2 heterocycles. The minimum absolute atomic E-state index is 0.735. The summed E-state index contributed by atoms with van der Waals surface area (Å²) in [5.74, 6) is 1.12. The zero-order chi connectivity index (χ0) is 14.7. The molecule has 6 heteroatoms. The molecule has 0 fully saturated rings. The van der Waals surface area contributed by atoms with Gasteiger partial charge in [0.25, 0.3) is 0 Å². The molecule has 0 atom stereocenters. The molecule has 110 valence electrons. The maximum atomic E-state index is 4.75. The Bertz CT molecular complexity index is 731. The van der Waals surface area contributed by atoms with Crippen LogP contribution in [0.5, 0.6) is 0 Å². The first-order chi connectivity index (χ1) is 10.3. The summed E-state index contributed by atoms with van der Waals surface area (Å²) in [5, 5.41) is 13.5. The fourth-order valence-corrected chi connectivity index (χ4v) is 3.19. The van der Waals surface area contributed by atoms with Crippen LogP contribution in [-0.2, 0) is 13.0 Å². The van der Waals surface area contributed by atoms with Gasteiger partial charge in [-0.15, -0.1) is 10.2 Å². The average Bonchev–Trinajstić information content (AvgIpc) is 3.06. The molecule has 3 rings (SSSR count). The molecule has 0 bridgehead atoms. The second kappa shape index (κ2) is 6.22. The smallest absolute Gasteiger partial charge is 0.205 e. The van der Waals surface area contributed by atoms with Gasteiger partial charge in [0.05, 0.1) is 17.6 Å². The molecule has 0 saturated carbocycles. The van der Waals surface area contributed by atoms with E-state index >= 15 is 0 Å². The van der Waals surface area contributed by atoms with Crippen LogP contribution in [0, 0.1) is 0 Å². The molecule has 21 heavy (non-hydrogen) atoms. The predicted molar refractivity (Wildman–Crippen MR) is 86.9 cm³/mol. The van der Waals surface area contributed by atoms with Gasteiger partial charge in [0, 0.05) is 13.0 Å². The predicted octanol–water partition coefficient (Wildman–Crippen LogP) is 3.32. The van der Waals surface area contributed by atoms with E-state index in [1.807, 2.05) is 6.07 Å². The van der Waals surface area contributed by atoms with Crippen molar-refractivity contribution in [2.75, 3.05) is 11.9 Å². The number of hydrogen-bond acceptors (Lipinski definition) is 5. The van der Waals surface area contributed by atoms with Crippen molar-refractivity contribution >= 4 is 27.5 Å². The first kappa shape index (κ1) is 14.0. The Morgan fingerprint density at radius 1 is 1.19 bits per heavy atom. The zero-order valence-corrected chi connectivity index (χ0v) is 13.2. The molecule has 0 aliphatic heterocycles. The van der Waals surface area contributed by atoms with Gasteiger partial charge < -0.3 is 9.88 Å². The molecule has 0 spiro atoms. The quantitative estimate of drug-likeness (QED) is 0.759. The molecule has 3 aromatic rings. The number of nitrogens with one attached hydrogen (secondary N) is 1. The minimum Gasteiger partial charge on any atom is -0.360 e. The first-order valence-corrected chi connectivity index (χ1v) is 8.13. The topological polar surface area (TPSA) is 55.6 Å². The largest absolute Gasteiger partial charge is 0.360 e. The van der Waals surface area contributed by atoms with Crippen LogP contribution in [-0.4, -0.2) is 26.3 Å². The lowest BCUT2D eigenvalue weighted by molar-refractivity contribution is 0.713. The Kier molecular flexibility index (Phi) is 4.15. The van der Waals surface area contributed by atoms with Crippen molar-refractivity contribution in [1.82, 2.24) is 19.7 Å². The SMILES string of the molecule is CCCc1nc2ccccc2n1Cc1nnc(NCC)s1. The second-order valence-corrected chi connectivity index (χ2v) is 5.95. The highest BCUT2D eigenvalue weighted by molar-refractivity contribution is 7.15. The number of para-hydroxylation sites is 2. The fourth-order valence-electron chi connectivity index (χ4n) is 2.39. The van der Waals surface area contributed by atoms with Crippen molar-refractivity contribution in [1.29, 1.82) is 0 Å². The molecule has 2 aromatic heterocycles. The number of rotatable bonds is 6. The second-order valence-electron chi connectivity index (χ2n) is 4.88. The molecule has 1 aromatic carbocycles. The van der Waals surface area contributed by atoms with Crippen LogP contribution < -0.4 is 5.32 Å². The van der Waals surface area contributed by atoms with E-state index < -0.39 is 0 Å². The van der Waals surface area contributed by atoms with E-state index in [0.29, 0.717) is 0 Å². The number of nitrogens with zero attached hydrogens (tertiary/aromatic N) is 4.